The lowest BCUT2D eigenvalue weighted by Gasteiger charge is -2.40. The zero-order valence-corrected chi connectivity index (χ0v) is 13.3. The molecule has 1 aliphatic heterocycles. The van der Waals surface area contributed by atoms with Gasteiger partial charge in [-0.25, -0.2) is 4.39 Å². The van der Waals surface area contributed by atoms with Crippen LogP contribution in [0.4, 0.5) is 4.39 Å². The van der Waals surface area contributed by atoms with Gasteiger partial charge in [0.15, 0.2) is 0 Å². The summed E-state index contributed by atoms with van der Waals surface area (Å²) >= 11 is 5.99. The molecule has 0 radical (unpaired) electrons. The molecule has 2 nitrogen and oxygen atoms in total. The van der Waals surface area contributed by atoms with Crippen LogP contribution in [0.1, 0.15) is 32.8 Å². The average Bonchev–Trinajstić information content (AvgIpc) is 2.37. The minimum atomic E-state index is -0.163. The van der Waals surface area contributed by atoms with Gasteiger partial charge in [0.05, 0.1) is 0 Å². The molecule has 1 heterocycles. The van der Waals surface area contributed by atoms with Gasteiger partial charge in [-0.3, -0.25) is 4.90 Å². The van der Waals surface area contributed by atoms with Gasteiger partial charge in [-0.15, -0.1) is 0 Å². The summed E-state index contributed by atoms with van der Waals surface area (Å²) in [7, 11) is 0. The summed E-state index contributed by atoms with van der Waals surface area (Å²) in [5.74, 6) is 0.478. The Morgan fingerprint density at radius 1 is 1.45 bits per heavy atom. The molecular formula is C16H24ClFN2. The highest BCUT2D eigenvalue weighted by molar-refractivity contribution is 6.30. The van der Waals surface area contributed by atoms with Gasteiger partial charge < -0.3 is 5.32 Å². The van der Waals surface area contributed by atoms with Crippen LogP contribution in [0.15, 0.2) is 18.2 Å². The maximum Gasteiger partial charge on any atom is 0.127 e. The SMILES string of the molecule is CC(C)CC1CNC(C)CN1Cc1cc(Cl)ccc1F. The van der Waals surface area contributed by atoms with Crippen LogP contribution in [0.25, 0.3) is 0 Å². The summed E-state index contributed by atoms with van der Waals surface area (Å²) in [5, 5.41) is 4.12. The topological polar surface area (TPSA) is 15.3 Å². The third-order valence-corrected chi connectivity index (χ3v) is 4.09. The molecule has 2 unspecified atom stereocenters. The monoisotopic (exact) mass is 298 g/mol. The molecule has 1 aromatic rings. The van der Waals surface area contributed by atoms with Crippen molar-refractivity contribution in [3.8, 4) is 0 Å². The zero-order valence-electron chi connectivity index (χ0n) is 12.5. The number of benzene rings is 1. The predicted octanol–water partition coefficient (Wildman–Crippen LogP) is 3.69. The smallest absolute Gasteiger partial charge is 0.127 e. The van der Waals surface area contributed by atoms with Crippen LogP contribution in [0.3, 0.4) is 0 Å². The summed E-state index contributed by atoms with van der Waals surface area (Å²) in [6, 6.07) is 5.72. The molecule has 0 aliphatic carbocycles. The van der Waals surface area contributed by atoms with Gasteiger partial charge in [0.2, 0.25) is 0 Å². The number of nitrogens with one attached hydrogen (secondary N) is 1. The molecule has 0 bridgehead atoms. The van der Waals surface area contributed by atoms with Crippen molar-refractivity contribution in [1.29, 1.82) is 0 Å². The first kappa shape index (κ1) is 15.7. The first-order valence-electron chi connectivity index (χ1n) is 7.37. The molecule has 2 rings (SSSR count). The van der Waals surface area contributed by atoms with E-state index in [4.69, 9.17) is 11.6 Å². The van der Waals surface area contributed by atoms with E-state index in [1.807, 2.05) is 0 Å². The van der Waals surface area contributed by atoms with Crippen molar-refractivity contribution < 1.29 is 4.39 Å². The molecule has 1 fully saturated rings. The average molecular weight is 299 g/mol. The summed E-state index contributed by atoms with van der Waals surface area (Å²) in [4.78, 5) is 2.38. The summed E-state index contributed by atoms with van der Waals surface area (Å²) < 4.78 is 13.9. The second kappa shape index (κ2) is 6.88. The molecule has 0 aromatic heterocycles. The molecule has 2 atom stereocenters. The van der Waals surface area contributed by atoms with Crippen molar-refractivity contribution in [2.45, 2.75) is 45.8 Å². The normalized spacial score (nSPS) is 24.3. The molecule has 1 saturated heterocycles. The molecule has 0 spiro atoms. The van der Waals surface area contributed by atoms with E-state index in [-0.39, 0.29) is 5.82 Å². The van der Waals surface area contributed by atoms with Crippen LogP contribution in [0.5, 0.6) is 0 Å². The first-order valence-corrected chi connectivity index (χ1v) is 7.75. The van der Waals surface area contributed by atoms with Gasteiger partial charge in [0.25, 0.3) is 0 Å². The minimum absolute atomic E-state index is 0.163. The zero-order chi connectivity index (χ0) is 14.7. The Bertz CT molecular complexity index is 450. The second-order valence-corrected chi connectivity index (χ2v) is 6.69. The fourth-order valence-electron chi connectivity index (χ4n) is 2.89. The van der Waals surface area contributed by atoms with E-state index in [9.17, 15) is 4.39 Å². The molecule has 20 heavy (non-hydrogen) atoms. The molecule has 1 N–H and O–H groups in total. The largest absolute Gasteiger partial charge is 0.311 e. The van der Waals surface area contributed by atoms with E-state index in [0.717, 1.165) is 19.5 Å². The van der Waals surface area contributed by atoms with Gasteiger partial charge in [-0.1, -0.05) is 25.4 Å². The fraction of sp³-hybridized carbons (Fsp3) is 0.625. The lowest BCUT2D eigenvalue weighted by molar-refractivity contribution is 0.110. The fourth-order valence-corrected chi connectivity index (χ4v) is 3.08. The Balaban J connectivity index is 2.12. The highest BCUT2D eigenvalue weighted by atomic mass is 35.5. The third kappa shape index (κ3) is 4.18. The van der Waals surface area contributed by atoms with Gasteiger partial charge in [-0.05, 0) is 37.5 Å². The van der Waals surface area contributed by atoms with Crippen LogP contribution < -0.4 is 5.32 Å². The third-order valence-electron chi connectivity index (χ3n) is 3.85. The maximum atomic E-state index is 13.9. The number of hydrogen-bond acceptors (Lipinski definition) is 2. The number of halogens is 2. The van der Waals surface area contributed by atoms with E-state index in [1.54, 1.807) is 12.1 Å². The Labute approximate surface area is 126 Å². The van der Waals surface area contributed by atoms with Crippen molar-refractivity contribution in [2.75, 3.05) is 13.1 Å². The van der Waals surface area contributed by atoms with Crippen molar-refractivity contribution in [1.82, 2.24) is 10.2 Å². The minimum Gasteiger partial charge on any atom is -0.311 e. The van der Waals surface area contributed by atoms with Crippen LogP contribution in [-0.2, 0) is 6.54 Å². The van der Waals surface area contributed by atoms with Gasteiger partial charge in [0, 0.05) is 42.3 Å². The van der Waals surface area contributed by atoms with E-state index in [2.05, 4.69) is 31.0 Å². The van der Waals surface area contributed by atoms with Crippen LogP contribution in [0, 0.1) is 11.7 Å². The number of rotatable bonds is 4. The van der Waals surface area contributed by atoms with Crippen molar-refractivity contribution in [2.24, 2.45) is 5.92 Å². The highest BCUT2D eigenvalue weighted by Crippen LogP contribution is 2.21. The summed E-state index contributed by atoms with van der Waals surface area (Å²) in [5.41, 5.74) is 0.695. The Kier molecular flexibility index (Phi) is 5.42. The Morgan fingerprint density at radius 2 is 2.20 bits per heavy atom. The Morgan fingerprint density at radius 3 is 2.90 bits per heavy atom. The molecule has 0 amide bonds. The van der Waals surface area contributed by atoms with E-state index in [1.165, 1.54) is 6.07 Å². The second-order valence-electron chi connectivity index (χ2n) is 6.26. The lowest BCUT2D eigenvalue weighted by atomic mass is 9.98. The van der Waals surface area contributed by atoms with Crippen molar-refractivity contribution in [3.05, 3.63) is 34.6 Å². The maximum absolute atomic E-state index is 13.9. The summed E-state index contributed by atoms with van der Waals surface area (Å²) in [6.07, 6.45) is 1.13. The van der Waals surface area contributed by atoms with Crippen molar-refractivity contribution >= 4 is 11.6 Å². The summed E-state index contributed by atoms with van der Waals surface area (Å²) in [6.45, 7) is 9.19. The van der Waals surface area contributed by atoms with E-state index >= 15 is 0 Å². The molecule has 112 valence electrons. The molecule has 4 heteroatoms. The number of nitrogens with zero attached hydrogens (tertiary/aromatic N) is 1. The van der Waals surface area contributed by atoms with E-state index < -0.39 is 0 Å². The van der Waals surface area contributed by atoms with Gasteiger partial charge in [-0.2, -0.15) is 0 Å². The number of hydrogen-bond donors (Lipinski definition) is 1. The van der Waals surface area contributed by atoms with Crippen LogP contribution in [0.2, 0.25) is 5.02 Å². The molecule has 1 aromatic carbocycles. The lowest BCUT2D eigenvalue weighted by Crippen LogP contribution is -2.55. The Hall–Kier alpha value is -0.640. The van der Waals surface area contributed by atoms with Gasteiger partial charge in [0.1, 0.15) is 5.82 Å². The quantitative estimate of drug-likeness (QED) is 0.912. The molecule has 1 aliphatic rings. The first-order chi connectivity index (χ1) is 9.45. The van der Waals surface area contributed by atoms with Crippen LogP contribution in [-0.4, -0.2) is 30.1 Å². The molecule has 0 saturated carbocycles. The predicted molar refractivity (Wildman–Crippen MR) is 82.5 cm³/mol. The van der Waals surface area contributed by atoms with Crippen LogP contribution >= 0.6 is 11.6 Å². The van der Waals surface area contributed by atoms with Crippen molar-refractivity contribution in [3.63, 3.8) is 0 Å². The highest BCUT2D eigenvalue weighted by Gasteiger charge is 2.26. The van der Waals surface area contributed by atoms with E-state index in [0.29, 0.717) is 35.1 Å². The van der Waals surface area contributed by atoms with Gasteiger partial charge >= 0.3 is 0 Å². The number of piperazine rings is 1. The molecular weight excluding hydrogens is 275 g/mol. The standard InChI is InChI=1S/C16H24ClFN2/c1-11(2)6-15-8-19-12(3)9-20(15)10-13-7-14(17)4-5-16(13)18/h4-5,7,11-12,15,19H,6,8-10H2,1-3H3.